The number of aromatic nitrogens is 4. The third-order valence-corrected chi connectivity index (χ3v) is 5.72. The minimum absolute atomic E-state index is 0.0901. The van der Waals surface area contributed by atoms with Crippen LogP contribution in [-0.2, 0) is 18.3 Å². The predicted octanol–water partition coefficient (Wildman–Crippen LogP) is 2.04. The number of hydrogen-bond donors (Lipinski definition) is 0. The van der Waals surface area contributed by atoms with E-state index in [1.807, 2.05) is 48.5 Å². The molecule has 1 aliphatic rings. The maximum absolute atomic E-state index is 12.8. The van der Waals surface area contributed by atoms with E-state index in [1.165, 1.54) is 0 Å². The molecule has 2 aromatic carbocycles. The van der Waals surface area contributed by atoms with Crippen molar-refractivity contribution in [2.45, 2.75) is 6.54 Å². The highest BCUT2D eigenvalue weighted by atomic mass is 16.5. The summed E-state index contributed by atoms with van der Waals surface area (Å²) < 4.78 is 14.9. The molecule has 1 fully saturated rings. The molecular weight excluding hydrogens is 394 g/mol. The lowest BCUT2D eigenvalue weighted by molar-refractivity contribution is 0.0321. The van der Waals surface area contributed by atoms with Gasteiger partial charge in [-0.2, -0.15) is 4.98 Å². The number of ether oxygens (including phenoxy) is 2. The second kappa shape index (κ2) is 8.49. The maximum atomic E-state index is 12.8. The van der Waals surface area contributed by atoms with E-state index in [4.69, 9.17) is 19.4 Å². The fourth-order valence-electron chi connectivity index (χ4n) is 4.03. The van der Waals surface area contributed by atoms with Crippen molar-refractivity contribution in [3.05, 3.63) is 64.8 Å². The molecule has 8 nitrogen and oxygen atoms in total. The second-order valence-electron chi connectivity index (χ2n) is 7.68. The highest BCUT2D eigenvalue weighted by molar-refractivity contribution is 5.83. The highest BCUT2D eigenvalue weighted by Gasteiger charge is 2.15. The molecule has 0 N–H and O–H groups in total. The lowest BCUT2D eigenvalue weighted by atomic mass is 10.2. The molecule has 3 heterocycles. The number of rotatable bonds is 6. The molecule has 0 bridgehead atoms. The Labute approximate surface area is 179 Å². The van der Waals surface area contributed by atoms with Crippen molar-refractivity contribution in [3.8, 4) is 5.88 Å². The number of para-hydroxylation sites is 3. The zero-order chi connectivity index (χ0) is 21.2. The molecule has 4 aromatic rings. The van der Waals surface area contributed by atoms with Crippen molar-refractivity contribution in [2.75, 3.05) is 39.5 Å². The van der Waals surface area contributed by atoms with Gasteiger partial charge in [0, 0.05) is 26.7 Å². The summed E-state index contributed by atoms with van der Waals surface area (Å²) in [4.78, 5) is 24.5. The fourth-order valence-corrected chi connectivity index (χ4v) is 4.03. The van der Waals surface area contributed by atoms with Crippen LogP contribution >= 0.6 is 0 Å². The van der Waals surface area contributed by atoms with E-state index >= 15 is 0 Å². The van der Waals surface area contributed by atoms with Gasteiger partial charge < -0.3 is 9.47 Å². The largest absolute Gasteiger partial charge is 0.476 e. The quantitative estimate of drug-likeness (QED) is 0.476. The van der Waals surface area contributed by atoms with Gasteiger partial charge in [-0.05, 0) is 24.3 Å². The molecule has 31 heavy (non-hydrogen) atoms. The molecule has 0 saturated carbocycles. The summed E-state index contributed by atoms with van der Waals surface area (Å²) in [5, 5.41) is 0.874. The van der Waals surface area contributed by atoms with Crippen LogP contribution in [0.15, 0.2) is 53.3 Å². The number of nitrogens with zero attached hydrogens (tertiary/aromatic N) is 5. The van der Waals surface area contributed by atoms with Crippen LogP contribution < -0.4 is 10.4 Å². The molecule has 0 aliphatic carbocycles. The Kier molecular flexibility index (Phi) is 5.40. The van der Waals surface area contributed by atoms with E-state index in [2.05, 4.69) is 4.90 Å². The zero-order valence-corrected chi connectivity index (χ0v) is 17.5. The highest BCUT2D eigenvalue weighted by Crippen LogP contribution is 2.23. The Balaban J connectivity index is 1.45. The lowest BCUT2D eigenvalue weighted by Crippen LogP contribution is -2.38. The van der Waals surface area contributed by atoms with Gasteiger partial charge in [-0.25, -0.2) is 9.78 Å². The van der Waals surface area contributed by atoms with Gasteiger partial charge in [-0.1, -0.05) is 24.3 Å². The topological polar surface area (TPSA) is 74.4 Å². The van der Waals surface area contributed by atoms with Crippen LogP contribution in [0.3, 0.4) is 0 Å². The zero-order valence-electron chi connectivity index (χ0n) is 17.5. The SMILES string of the molecule is Cn1c(=O)n(Cc2nc(OCCN3CCOCC3)c3ccccc3n2)c2ccccc21. The van der Waals surface area contributed by atoms with Gasteiger partial charge in [0.1, 0.15) is 6.61 Å². The molecule has 0 atom stereocenters. The standard InChI is InChI=1S/C23H25N5O3/c1-26-19-8-4-5-9-20(19)28(23(26)29)16-21-24-18-7-3-2-6-17(18)22(25-21)31-15-12-27-10-13-30-14-11-27/h2-9H,10-16H2,1H3. The third kappa shape index (κ3) is 3.92. The lowest BCUT2D eigenvalue weighted by Gasteiger charge is -2.26. The van der Waals surface area contributed by atoms with Crippen LogP contribution in [0, 0.1) is 0 Å². The van der Waals surface area contributed by atoms with Crippen molar-refractivity contribution < 1.29 is 9.47 Å². The molecular formula is C23H25N5O3. The first-order chi connectivity index (χ1) is 15.2. The van der Waals surface area contributed by atoms with Crippen LogP contribution in [0.4, 0.5) is 0 Å². The molecule has 5 rings (SSSR count). The number of hydrogen-bond acceptors (Lipinski definition) is 6. The van der Waals surface area contributed by atoms with E-state index in [1.54, 1.807) is 16.2 Å². The van der Waals surface area contributed by atoms with Crippen LogP contribution in [0.25, 0.3) is 21.9 Å². The van der Waals surface area contributed by atoms with E-state index in [9.17, 15) is 4.79 Å². The normalized spacial score (nSPS) is 15.0. The Hall–Kier alpha value is -3.23. The Morgan fingerprint density at radius 1 is 1.00 bits per heavy atom. The minimum Gasteiger partial charge on any atom is -0.476 e. The number of aryl methyl sites for hydroxylation is 1. The summed E-state index contributed by atoms with van der Waals surface area (Å²) in [5.41, 5.74) is 2.46. The fraction of sp³-hybridized carbons (Fsp3) is 0.348. The van der Waals surface area contributed by atoms with Gasteiger partial charge in [-0.15, -0.1) is 0 Å². The smallest absolute Gasteiger partial charge is 0.329 e. The first kappa shape index (κ1) is 19.7. The van der Waals surface area contributed by atoms with Crippen LogP contribution in [0.5, 0.6) is 5.88 Å². The van der Waals surface area contributed by atoms with E-state index < -0.39 is 0 Å². The van der Waals surface area contributed by atoms with Gasteiger partial charge in [0.15, 0.2) is 5.82 Å². The van der Waals surface area contributed by atoms with Crippen molar-refractivity contribution in [2.24, 2.45) is 7.05 Å². The molecule has 0 spiro atoms. The van der Waals surface area contributed by atoms with Gasteiger partial charge in [0.2, 0.25) is 5.88 Å². The molecule has 0 radical (unpaired) electrons. The van der Waals surface area contributed by atoms with E-state index in [0.29, 0.717) is 18.3 Å². The summed E-state index contributed by atoms with van der Waals surface area (Å²) in [6, 6.07) is 15.6. The van der Waals surface area contributed by atoms with Crippen molar-refractivity contribution in [1.29, 1.82) is 0 Å². The molecule has 1 aliphatic heterocycles. The van der Waals surface area contributed by atoms with Gasteiger partial charge >= 0.3 is 5.69 Å². The van der Waals surface area contributed by atoms with E-state index in [-0.39, 0.29) is 12.2 Å². The summed E-state index contributed by atoms with van der Waals surface area (Å²) in [7, 11) is 1.78. The number of imidazole rings is 1. The van der Waals surface area contributed by atoms with Crippen LogP contribution in [0.2, 0.25) is 0 Å². The minimum atomic E-state index is -0.0901. The first-order valence-electron chi connectivity index (χ1n) is 10.5. The summed E-state index contributed by atoms with van der Waals surface area (Å²) in [6.07, 6.45) is 0. The second-order valence-corrected chi connectivity index (χ2v) is 7.68. The summed E-state index contributed by atoms with van der Waals surface area (Å²) in [5.74, 6) is 1.11. The molecule has 0 unspecified atom stereocenters. The summed E-state index contributed by atoms with van der Waals surface area (Å²) in [6.45, 7) is 5.01. The van der Waals surface area contributed by atoms with E-state index in [0.717, 1.165) is 54.8 Å². The van der Waals surface area contributed by atoms with Crippen molar-refractivity contribution >= 4 is 21.9 Å². The monoisotopic (exact) mass is 419 g/mol. The maximum Gasteiger partial charge on any atom is 0.329 e. The Bertz CT molecular complexity index is 1270. The summed E-state index contributed by atoms with van der Waals surface area (Å²) >= 11 is 0. The van der Waals surface area contributed by atoms with Gasteiger partial charge in [0.05, 0.1) is 41.7 Å². The predicted molar refractivity (Wildman–Crippen MR) is 119 cm³/mol. The average Bonchev–Trinajstić information content (AvgIpc) is 3.05. The third-order valence-electron chi connectivity index (χ3n) is 5.72. The van der Waals surface area contributed by atoms with Gasteiger partial charge in [-0.3, -0.25) is 14.0 Å². The van der Waals surface area contributed by atoms with Crippen molar-refractivity contribution in [1.82, 2.24) is 24.0 Å². The number of fused-ring (bicyclic) bond motifs is 2. The molecule has 2 aromatic heterocycles. The Morgan fingerprint density at radius 2 is 1.74 bits per heavy atom. The van der Waals surface area contributed by atoms with Crippen LogP contribution in [-0.4, -0.2) is 63.5 Å². The molecule has 8 heteroatoms. The molecule has 1 saturated heterocycles. The first-order valence-corrected chi connectivity index (χ1v) is 10.5. The number of benzene rings is 2. The van der Waals surface area contributed by atoms with Gasteiger partial charge in [0.25, 0.3) is 0 Å². The molecule has 0 amide bonds. The molecule has 160 valence electrons. The van der Waals surface area contributed by atoms with Crippen molar-refractivity contribution in [3.63, 3.8) is 0 Å². The average molecular weight is 419 g/mol. The number of morpholine rings is 1. The Morgan fingerprint density at radius 3 is 2.58 bits per heavy atom. The van der Waals surface area contributed by atoms with Crippen LogP contribution in [0.1, 0.15) is 5.82 Å².